The van der Waals surface area contributed by atoms with E-state index in [0.717, 1.165) is 55.4 Å². The largest absolute Gasteiger partial charge is 0.454 e. The maximum Gasteiger partial charge on any atom is 0.292 e. The molecule has 0 bridgehead atoms. The van der Waals surface area contributed by atoms with Crippen LogP contribution in [0.1, 0.15) is 11.1 Å². The summed E-state index contributed by atoms with van der Waals surface area (Å²) in [6, 6.07) is 25.2. The fraction of sp³-hybridized carbons (Fsp3) is 0.103. The van der Waals surface area contributed by atoms with Gasteiger partial charge >= 0.3 is 0 Å². The molecule has 4 nitrogen and oxygen atoms in total. The van der Waals surface area contributed by atoms with Crippen molar-refractivity contribution in [2.75, 3.05) is 0 Å². The number of hydrogen-bond donors (Lipinski definition) is 0. The van der Waals surface area contributed by atoms with Crippen LogP contribution in [-0.2, 0) is 14.1 Å². The van der Waals surface area contributed by atoms with E-state index >= 15 is 0 Å². The van der Waals surface area contributed by atoms with Crippen molar-refractivity contribution in [3.63, 3.8) is 0 Å². The van der Waals surface area contributed by atoms with Crippen molar-refractivity contribution in [3.8, 4) is 28.6 Å². The highest BCUT2D eigenvalue weighted by molar-refractivity contribution is 6.14. The molecule has 4 heteroatoms. The standard InChI is InChI=1S/C29H22N3O/c1-18-8-12-23-24-13-11-22(17-30)26(21-10-9-19-6-4-5-7-20(19)16-21)28(24)33-27(23)25(18)29-31(2)14-15-32(29)3/h4-16H,1-3H3/q+1. The fourth-order valence-electron chi connectivity index (χ4n) is 4.95. The van der Waals surface area contributed by atoms with Crippen LogP contribution in [0, 0.1) is 18.3 Å². The van der Waals surface area contributed by atoms with Crippen LogP contribution in [0.25, 0.3) is 55.2 Å². The number of benzene rings is 4. The smallest absolute Gasteiger partial charge is 0.292 e. The number of aromatic nitrogens is 2. The first kappa shape index (κ1) is 19.3. The van der Waals surface area contributed by atoms with E-state index in [1.165, 1.54) is 5.39 Å². The lowest BCUT2D eigenvalue weighted by Crippen LogP contribution is -2.29. The van der Waals surface area contributed by atoms with Crippen LogP contribution < -0.4 is 4.57 Å². The van der Waals surface area contributed by atoms with Gasteiger partial charge in [-0.05, 0) is 47.0 Å². The summed E-state index contributed by atoms with van der Waals surface area (Å²) in [7, 11) is 4.09. The molecule has 0 amide bonds. The molecule has 0 aliphatic carbocycles. The van der Waals surface area contributed by atoms with Crippen molar-refractivity contribution in [1.82, 2.24) is 4.57 Å². The molecule has 4 aromatic carbocycles. The number of fused-ring (bicyclic) bond motifs is 4. The highest BCUT2D eigenvalue weighted by Gasteiger charge is 2.25. The average molecular weight is 429 g/mol. The van der Waals surface area contributed by atoms with E-state index in [4.69, 9.17) is 4.42 Å². The zero-order valence-electron chi connectivity index (χ0n) is 18.8. The van der Waals surface area contributed by atoms with E-state index in [9.17, 15) is 5.26 Å². The third-order valence-corrected chi connectivity index (χ3v) is 6.58. The third kappa shape index (κ3) is 2.79. The van der Waals surface area contributed by atoms with Crippen molar-refractivity contribution < 1.29 is 8.98 Å². The van der Waals surface area contributed by atoms with Crippen LogP contribution in [0.15, 0.2) is 83.5 Å². The molecule has 0 aliphatic heterocycles. The summed E-state index contributed by atoms with van der Waals surface area (Å²) in [5.74, 6) is 1.07. The van der Waals surface area contributed by atoms with Gasteiger partial charge in [0.25, 0.3) is 5.82 Å². The van der Waals surface area contributed by atoms with Gasteiger partial charge in [-0.2, -0.15) is 5.26 Å². The zero-order chi connectivity index (χ0) is 22.7. The lowest BCUT2D eigenvalue weighted by atomic mass is 9.95. The molecule has 6 rings (SSSR count). The monoisotopic (exact) mass is 428 g/mol. The summed E-state index contributed by atoms with van der Waals surface area (Å²) >= 11 is 0. The highest BCUT2D eigenvalue weighted by atomic mass is 16.3. The highest BCUT2D eigenvalue weighted by Crippen LogP contribution is 2.42. The van der Waals surface area contributed by atoms with Gasteiger partial charge in [0.05, 0.1) is 25.7 Å². The van der Waals surface area contributed by atoms with Gasteiger partial charge in [-0.25, -0.2) is 9.13 Å². The maximum atomic E-state index is 9.95. The SMILES string of the molecule is Cc1ccc2c(oc3c(-c4ccc5ccccc5c4)c(C#N)ccc32)c1-c1n(C)cc[n+]1C. The first-order valence-electron chi connectivity index (χ1n) is 11.0. The predicted octanol–water partition coefficient (Wildman–Crippen LogP) is 6.42. The lowest BCUT2D eigenvalue weighted by Gasteiger charge is -2.07. The number of hydrogen-bond acceptors (Lipinski definition) is 2. The molecule has 6 aromatic rings. The molecule has 0 atom stereocenters. The molecule has 2 heterocycles. The van der Waals surface area contributed by atoms with Crippen LogP contribution in [0.2, 0.25) is 0 Å². The molecule has 2 aromatic heterocycles. The minimum atomic E-state index is 0.611. The van der Waals surface area contributed by atoms with Crippen LogP contribution >= 0.6 is 0 Å². The van der Waals surface area contributed by atoms with Crippen LogP contribution in [0.5, 0.6) is 0 Å². The molecule has 0 saturated carbocycles. The van der Waals surface area contributed by atoms with Crippen molar-refractivity contribution in [3.05, 3.63) is 90.3 Å². The minimum absolute atomic E-state index is 0.611. The van der Waals surface area contributed by atoms with Gasteiger partial charge in [0, 0.05) is 16.3 Å². The van der Waals surface area contributed by atoms with E-state index in [-0.39, 0.29) is 0 Å². The quantitative estimate of drug-likeness (QED) is 0.299. The fourth-order valence-corrected chi connectivity index (χ4v) is 4.95. The minimum Gasteiger partial charge on any atom is -0.454 e. The molecule has 158 valence electrons. The second-order valence-corrected chi connectivity index (χ2v) is 8.62. The van der Waals surface area contributed by atoms with E-state index < -0.39 is 0 Å². The van der Waals surface area contributed by atoms with Gasteiger partial charge in [-0.15, -0.1) is 0 Å². The molecular weight excluding hydrogens is 406 g/mol. The van der Waals surface area contributed by atoms with Gasteiger partial charge in [0.1, 0.15) is 23.5 Å². The zero-order valence-corrected chi connectivity index (χ0v) is 18.8. The summed E-state index contributed by atoms with van der Waals surface area (Å²) in [4.78, 5) is 0. The average Bonchev–Trinajstić information content (AvgIpc) is 3.37. The Labute approximate surface area is 191 Å². The normalized spacial score (nSPS) is 11.5. The van der Waals surface area contributed by atoms with E-state index in [1.54, 1.807) is 0 Å². The van der Waals surface area contributed by atoms with Gasteiger partial charge in [0.2, 0.25) is 0 Å². The van der Waals surface area contributed by atoms with Gasteiger partial charge in [0.15, 0.2) is 5.58 Å². The number of imidazole rings is 1. The third-order valence-electron chi connectivity index (χ3n) is 6.58. The lowest BCUT2D eigenvalue weighted by molar-refractivity contribution is -0.659. The summed E-state index contributed by atoms with van der Waals surface area (Å²) in [5.41, 5.74) is 6.25. The molecule has 0 aliphatic rings. The molecule has 0 spiro atoms. The van der Waals surface area contributed by atoms with Crippen LogP contribution in [0.3, 0.4) is 0 Å². The number of furan rings is 1. The first-order chi connectivity index (χ1) is 16.1. The summed E-state index contributed by atoms with van der Waals surface area (Å²) in [6.45, 7) is 2.11. The molecule has 0 N–H and O–H groups in total. The van der Waals surface area contributed by atoms with E-state index in [1.807, 2.05) is 50.8 Å². The molecular formula is C29H22N3O+. The Hall–Kier alpha value is -4.36. The maximum absolute atomic E-state index is 9.95. The van der Waals surface area contributed by atoms with Gasteiger partial charge in [-0.3, -0.25) is 0 Å². The second kappa shape index (κ2) is 7.08. The van der Waals surface area contributed by atoms with Gasteiger partial charge in [-0.1, -0.05) is 48.5 Å². The topological polar surface area (TPSA) is 45.7 Å². The second-order valence-electron chi connectivity index (χ2n) is 8.62. The van der Waals surface area contributed by atoms with E-state index in [0.29, 0.717) is 5.56 Å². The van der Waals surface area contributed by atoms with Crippen LogP contribution in [-0.4, -0.2) is 4.57 Å². The molecule has 33 heavy (non-hydrogen) atoms. The molecule has 0 saturated heterocycles. The summed E-state index contributed by atoms with van der Waals surface area (Å²) in [5, 5.41) is 14.3. The Bertz CT molecular complexity index is 1740. The van der Waals surface area contributed by atoms with Gasteiger partial charge < -0.3 is 4.42 Å². The van der Waals surface area contributed by atoms with E-state index in [2.05, 4.69) is 64.6 Å². The van der Waals surface area contributed by atoms with Crippen LogP contribution in [0.4, 0.5) is 0 Å². The van der Waals surface area contributed by atoms with Crippen molar-refractivity contribution in [2.24, 2.45) is 14.1 Å². The first-order valence-corrected chi connectivity index (χ1v) is 11.0. The predicted molar refractivity (Wildman–Crippen MR) is 132 cm³/mol. The molecule has 0 unspecified atom stereocenters. The Kier molecular flexibility index (Phi) is 4.15. The van der Waals surface area contributed by atoms with Crippen molar-refractivity contribution in [1.29, 1.82) is 5.26 Å². The Morgan fingerprint density at radius 2 is 1.61 bits per heavy atom. The Balaban J connectivity index is 1.73. The van der Waals surface area contributed by atoms with Crippen molar-refractivity contribution in [2.45, 2.75) is 6.92 Å². The number of aryl methyl sites for hydroxylation is 3. The van der Waals surface area contributed by atoms with Crippen molar-refractivity contribution >= 4 is 32.7 Å². The molecule has 0 radical (unpaired) electrons. The Morgan fingerprint density at radius 1 is 0.879 bits per heavy atom. The summed E-state index contributed by atoms with van der Waals surface area (Å²) in [6.07, 6.45) is 4.09. The summed E-state index contributed by atoms with van der Waals surface area (Å²) < 4.78 is 10.9. The number of nitriles is 1. The number of nitrogens with zero attached hydrogens (tertiary/aromatic N) is 3. The number of rotatable bonds is 2. The molecule has 0 fully saturated rings. The Morgan fingerprint density at radius 3 is 2.33 bits per heavy atom.